The topological polar surface area (TPSA) is 90.4 Å². The average Bonchev–Trinajstić information content (AvgIpc) is 3.28. The quantitative estimate of drug-likeness (QED) is 0.738. The van der Waals surface area contributed by atoms with Crippen molar-refractivity contribution in [1.82, 2.24) is 30.4 Å². The number of tetrazole rings is 1. The molecule has 1 aromatic heterocycles. The van der Waals surface area contributed by atoms with E-state index in [4.69, 9.17) is 4.74 Å². The third-order valence-electron chi connectivity index (χ3n) is 5.99. The van der Waals surface area contributed by atoms with Crippen LogP contribution in [0.5, 0.6) is 0 Å². The largest absolute Gasteiger partial charge is 0.396 e. The standard InChI is InChI=1S/C20H30N6O2/c27-11-1-2-18-15-25(8-7-19(18)26-9-12-28-13-10-26)14-16-3-5-17(6-4-16)20-21-23-24-22-20/h3-6,18-19,27H,1-2,7-15H2,(H,21,22,23,24)/t18-,19+/m1/s1. The van der Waals surface area contributed by atoms with Crippen LogP contribution in [0.3, 0.4) is 0 Å². The van der Waals surface area contributed by atoms with Crippen LogP contribution in [0.4, 0.5) is 0 Å². The molecule has 0 saturated carbocycles. The van der Waals surface area contributed by atoms with E-state index < -0.39 is 0 Å². The molecular weight excluding hydrogens is 356 g/mol. The fourth-order valence-corrected chi connectivity index (χ4v) is 4.57. The lowest BCUT2D eigenvalue weighted by Gasteiger charge is -2.45. The molecule has 1 aromatic carbocycles. The molecule has 2 N–H and O–H groups in total. The molecule has 0 spiro atoms. The highest BCUT2D eigenvalue weighted by molar-refractivity contribution is 5.54. The van der Waals surface area contributed by atoms with Crippen molar-refractivity contribution in [3.8, 4) is 11.4 Å². The first-order valence-electron chi connectivity index (χ1n) is 10.3. The number of likely N-dealkylation sites (tertiary alicyclic amines) is 1. The third kappa shape index (κ3) is 4.75. The van der Waals surface area contributed by atoms with Crippen LogP contribution in [0, 0.1) is 5.92 Å². The number of H-pyrrole nitrogens is 1. The molecule has 2 atom stereocenters. The van der Waals surface area contributed by atoms with Crippen molar-refractivity contribution in [2.75, 3.05) is 46.0 Å². The van der Waals surface area contributed by atoms with Crippen LogP contribution in [0.1, 0.15) is 24.8 Å². The minimum absolute atomic E-state index is 0.282. The van der Waals surface area contributed by atoms with Crippen molar-refractivity contribution < 1.29 is 9.84 Å². The Morgan fingerprint density at radius 1 is 1.14 bits per heavy atom. The van der Waals surface area contributed by atoms with Gasteiger partial charge in [0.15, 0.2) is 0 Å². The Kier molecular flexibility index (Phi) is 6.64. The number of hydrogen-bond acceptors (Lipinski definition) is 7. The second-order valence-corrected chi connectivity index (χ2v) is 7.80. The van der Waals surface area contributed by atoms with E-state index in [0.29, 0.717) is 17.8 Å². The predicted octanol–water partition coefficient (Wildman–Crippen LogP) is 1.16. The number of morpholine rings is 1. The lowest BCUT2D eigenvalue weighted by Crippen LogP contribution is -2.53. The number of piperidine rings is 1. The van der Waals surface area contributed by atoms with Crippen LogP contribution < -0.4 is 0 Å². The van der Waals surface area contributed by atoms with Crippen LogP contribution in [-0.2, 0) is 11.3 Å². The Morgan fingerprint density at radius 2 is 1.96 bits per heavy atom. The summed E-state index contributed by atoms with van der Waals surface area (Å²) in [5.41, 5.74) is 2.28. The second kappa shape index (κ2) is 9.56. The molecule has 0 bridgehead atoms. The maximum absolute atomic E-state index is 9.33. The molecule has 2 aromatic rings. The first-order valence-corrected chi connectivity index (χ1v) is 10.3. The summed E-state index contributed by atoms with van der Waals surface area (Å²) in [4.78, 5) is 5.17. The summed E-state index contributed by atoms with van der Waals surface area (Å²) in [5.74, 6) is 1.24. The molecule has 0 unspecified atom stereocenters. The van der Waals surface area contributed by atoms with Crippen LogP contribution in [0.15, 0.2) is 24.3 Å². The minimum atomic E-state index is 0.282. The maximum Gasteiger partial charge on any atom is 0.204 e. The highest BCUT2D eigenvalue weighted by Gasteiger charge is 2.33. The molecule has 2 aliphatic rings. The number of rotatable bonds is 7. The Morgan fingerprint density at radius 3 is 2.68 bits per heavy atom. The van der Waals surface area contributed by atoms with Gasteiger partial charge in [-0.2, -0.15) is 5.21 Å². The number of aliphatic hydroxyl groups excluding tert-OH is 1. The lowest BCUT2D eigenvalue weighted by atomic mass is 9.86. The number of nitrogens with one attached hydrogen (secondary N) is 1. The van der Waals surface area contributed by atoms with E-state index in [0.717, 1.165) is 64.3 Å². The summed E-state index contributed by atoms with van der Waals surface area (Å²) in [6, 6.07) is 9.05. The van der Waals surface area contributed by atoms with Gasteiger partial charge in [-0.15, -0.1) is 10.2 Å². The summed E-state index contributed by atoms with van der Waals surface area (Å²) < 4.78 is 5.54. The summed E-state index contributed by atoms with van der Waals surface area (Å²) in [6.07, 6.45) is 3.17. The Labute approximate surface area is 165 Å². The van der Waals surface area contributed by atoms with Gasteiger partial charge >= 0.3 is 0 Å². The first-order chi connectivity index (χ1) is 13.8. The summed E-state index contributed by atoms with van der Waals surface area (Å²) in [6.45, 7) is 7.22. The van der Waals surface area contributed by atoms with Crippen molar-refractivity contribution >= 4 is 0 Å². The van der Waals surface area contributed by atoms with E-state index in [1.165, 1.54) is 12.0 Å². The molecule has 152 valence electrons. The number of benzene rings is 1. The highest BCUT2D eigenvalue weighted by atomic mass is 16.5. The smallest absolute Gasteiger partial charge is 0.204 e. The number of nitrogens with zero attached hydrogens (tertiary/aromatic N) is 5. The van der Waals surface area contributed by atoms with E-state index in [9.17, 15) is 5.11 Å². The van der Waals surface area contributed by atoms with E-state index in [2.05, 4.69) is 54.7 Å². The van der Waals surface area contributed by atoms with Crippen molar-refractivity contribution in [2.24, 2.45) is 5.92 Å². The van der Waals surface area contributed by atoms with Gasteiger partial charge in [0.1, 0.15) is 0 Å². The molecule has 0 amide bonds. The molecular formula is C20H30N6O2. The molecule has 0 aliphatic carbocycles. The van der Waals surface area contributed by atoms with Crippen LogP contribution in [-0.4, -0.2) is 87.6 Å². The Balaban J connectivity index is 1.37. The van der Waals surface area contributed by atoms with E-state index in [1.807, 2.05) is 0 Å². The van der Waals surface area contributed by atoms with E-state index in [1.54, 1.807) is 0 Å². The molecule has 2 saturated heterocycles. The second-order valence-electron chi connectivity index (χ2n) is 7.80. The van der Waals surface area contributed by atoms with Gasteiger partial charge in [-0.3, -0.25) is 9.80 Å². The van der Waals surface area contributed by atoms with Crippen molar-refractivity contribution in [3.05, 3.63) is 29.8 Å². The van der Waals surface area contributed by atoms with Crippen LogP contribution in [0.2, 0.25) is 0 Å². The molecule has 3 heterocycles. The normalized spacial score (nSPS) is 24.5. The van der Waals surface area contributed by atoms with Gasteiger partial charge in [0.2, 0.25) is 5.82 Å². The van der Waals surface area contributed by atoms with Gasteiger partial charge in [-0.1, -0.05) is 24.3 Å². The van der Waals surface area contributed by atoms with Crippen LogP contribution in [0.25, 0.3) is 11.4 Å². The molecule has 2 fully saturated rings. The van der Waals surface area contributed by atoms with Crippen molar-refractivity contribution in [3.63, 3.8) is 0 Å². The monoisotopic (exact) mass is 386 g/mol. The first kappa shape index (κ1) is 19.4. The number of hydrogen-bond donors (Lipinski definition) is 2. The number of aromatic nitrogens is 4. The molecule has 4 rings (SSSR count). The van der Waals surface area contributed by atoms with Gasteiger partial charge in [-0.05, 0) is 42.5 Å². The Hall–Kier alpha value is -1.87. The molecule has 8 nitrogen and oxygen atoms in total. The summed E-state index contributed by atoms with van der Waals surface area (Å²) in [7, 11) is 0. The van der Waals surface area contributed by atoms with Crippen molar-refractivity contribution in [1.29, 1.82) is 0 Å². The summed E-state index contributed by atoms with van der Waals surface area (Å²) in [5, 5.41) is 23.5. The average molecular weight is 387 g/mol. The molecule has 8 heteroatoms. The number of ether oxygens (including phenoxy) is 1. The van der Waals surface area contributed by atoms with Crippen LogP contribution >= 0.6 is 0 Å². The van der Waals surface area contributed by atoms with Gasteiger partial charge in [0.25, 0.3) is 0 Å². The lowest BCUT2D eigenvalue weighted by molar-refractivity contribution is -0.0231. The summed E-state index contributed by atoms with van der Waals surface area (Å²) >= 11 is 0. The van der Waals surface area contributed by atoms with E-state index in [-0.39, 0.29) is 6.61 Å². The third-order valence-corrected chi connectivity index (χ3v) is 5.99. The molecule has 2 aliphatic heterocycles. The fraction of sp³-hybridized carbons (Fsp3) is 0.650. The van der Waals surface area contributed by atoms with Gasteiger partial charge in [0, 0.05) is 44.4 Å². The van der Waals surface area contributed by atoms with E-state index >= 15 is 0 Å². The maximum atomic E-state index is 9.33. The SMILES string of the molecule is OCCC[C@@H]1CN(Cc2ccc(-c3nn[nH]n3)cc2)CC[C@@H]1N1CCOCC1. The minimum Gasteiger partial charge on any atom is -0.396 e. The Bertz CT molecular complexity index is 702. The van der Waals surface area contributed by atoms with Gasteiger partial charge in [-0.25, -0.2) is 0 Å². The highest BCUT2D eigenvalue weighted by Crippen LogP contribution is 2.28. The molecule has 28 heavy (non-hydrogen) atoms. The predicted molar refractivity (Wildman–Crippen MR) is 105 cm³/mol. The molecule has 0 radical (unpaired) electrons. The number of aliphatic hydroxyl groups is 1. The van der Waals surface area contributed by atoms with Gasteiger partial charge in [0.05, 0.1) is 13.2 Å². The number of aromatic amines is 1. The van der Waals surface area contributed by atoms with Crippen molar-refractivity contribution in [2.45, 2.75) is 31.8 Å². The zero-order valence-corrected chi connectivity index (χ0v) is 16.3. The zero-order valence-electron chi connectivity index (χ0n) is 16.3. The fourth-order valence-electron chi connectivity index (χ4n) is 4.57. The zero-order chi connectivity index (χ0) is 19.2. The van der Waals surface area contributed by atoms with Gasteiger partial charge < -0.3 is 9.84 Å².